The summed E-state index contributed by atoms with van der Waals surface area (Å²) in [7, 11) is 4.09. The first kappa shape index (κ1) is 20.2. The second-order valence-electron chi connectivity index (χ2n) is 7.91. The van der Waals surface area contributed by atoms with E-state index >= 15 is 0 Å². The molecule has 0 aliphatic carbocycles. The molecule has 2 amide bonds. The summed E-state index contributed by atoms with van der Waals surface area (Å²) in [6.45, 7) is 10.5. The largest absolute Gasteiger partial charge is 0.336 e. The van der Waals surface area contributed by atoms with E-state index in [1.165, 1.54) is 11.3 Å². The fraction of sp³-hybridized carbons (Fsp3) is 0.737. The zero-order valence-electron chi connectivity index (χ0n) is 16.3. The third-order valence-electron chi connectivity index (χ3n) is 4.80. The maximum absolute atomic E-state index is 12.3. The third kappa shape index (κ3) is 6.60. The molecule has 0 bridgehead atoms. The molecule has 2 N–H and O–H groups in total. The van der Waals surface area contributed by atoms with Crippen LogP contribution in [0.15, 0.2) is 17.5 Å². The van der Waals surface area contributed by atoms with Crippen LogP contribution in [0, 0.1) is 11.8 Å². The van der Waals surface area contributed by atoms with Gasteiger partial charge in [0.05, 0.1) is 6.04 Å². The number of urea groups is 1. The Labute approximate surface area is 156 Å². The average Bonchev–Trinajstić information content (AvgIpc) is 2.99. The predicted molar refractivity (Wildman–Crippen MR) is 106 cm³/mol. The maximum atomic E-state index is 12.3. The molecule has 142 valence electrons. The standard InChI is InChI=1S/C19H34N4OS/c1-14-9-15(2)12-23(11-14)13-16(3)21-19(24)20-10-17(22(4)5)18-7-6-8-25-18/h6-8,14-17H,9-13H2,1-5H3,(H2,20,21,24). The predicted octanol–water partition coefficient (Wildman–Crippen LogP) is 3.02. The number of piperidine rings is 1. The summed E-state index contributed by atoms with van der Waals surface area (Å²) in [6, 6.07) is 4.46. The van der Waals surface area contributed by atoms with Crippen LogP contribution in [0.1, 0.15) is 38.1 Å². The van der Waals surface area contributed by atoms with Crippen molar-refractivity contribution in [3.8, 4) is 0 Å². The molecule has 25 heavy (non-hydrogen) atoms. The van der Waals surface area contributed by atoms with Crippen molar-refractivity contribution in [2.75, 3.05) is 40.3 Å². The van der Waals surface area contributed by atoms with Gasteiger partial charge in [-0.3, -0.25) is 0 Å². The number of hydrogen-bond acceptors (Lipinski definition) is 4. The summed E-state index contributed by atoms with van der Waals surface area (Å²) in [5.41, 5.74) is 0. The summed E-state index contributed by atoms with van der Waals surface area (Å²) in [4.78, 5) is 18.2. The Morgan fingerprint density at radius 1 is 1.36 bits per heavy atom. The second-order valence-corrected chi connectivity index (χ2v) is 8.89. The van der Waals surface area contributed by atoms with E-state index < -0.39 is 0 Å². The first-order chi connectivity index (χ1) is 11.8. The van der Waals surface area contributed by atoms with Gasteiger partial charge >= 0.3 is 6.03 Å². The topological polar surface area (TPSA) is 47.6 Å². The van der Waals surface area contributed by atoms with E-state index in [2.05, 4.69) is 58.7 Å². The molecule has 1 aromatic rings. The molecule has 0 radical (unpaired) electrons. The Bertz CT molecular complexity index is 510. The van der Waals surface area contributed by atoms with Crippen LogP contribution in [-0.4, -0.2) is 62.1 Å². The van der Waals surface area contributed by atoms with Crippen molar-refractivity contribution < 1.29 is 4.79 Å². The van der Waals surface area contributed by atoms with E-state index in [0.29, 0.717) is 6.54 Å². The highest BCUT2D eigenvalue weighted by Crippen LogP contribution is 2.22. The van der Waals surface area contributed by atoms with Crippen LogP contribution in [0.3, 0.4) is 0 Å². The Kier molecular flexibility index (Phi) is 7.72. The van der Waals surface area contributed by atoms with Gasteiger partial charge < -0.3 is 20.4 Å². The molecule has 4 atom stereocenters. The van der Waals surface area contributed by atoms with Crippen molar-refractivity contribution >= 4 is 17.4 Å². The smallest absolute Gasteiger partial charge is 0.315 e. The SMILES string of the molecule is CC1CC(C)CN(CC(C)NC(=O)NCC(c2cccs2)N(C)C)C1. The van der Waals surface area contributed by atoms with Gasteiger partial charge in [0, 0.05) is 37.1 Å². The fourth-order valence-corrected chi connectivity index (χ4v) is 4.78. The monoisotopic (exact) mass is 366 g/mol. The molecular formula is C19H34N4OS. The molecule has 1 aliphatic heterocycles. The van der Waals surface area contributed by atoms with Crippen LogP contribution >= 0.6 is 11.3 Å². The highest BCUT2D eigenvalue weighted by atomic mass is 32.1. The van der Waals surface area contributed by atoms with E-state index in [1.54, 1.807) is 11.3 Å². The van der Waals surface area contributed by atoms with Crippen molar-refractivity contribution in [2.45, 2.75) is 39.3 Å². The summed E-state index contributed by atoms with van der Waals surface area (Å²) in [5, 5.41) is 8.20. The van der Waals surface area contributed by atoms with Gasteiger partial charge in [0.1, 0.15) is 0 Å². The lowest BCUT2D eigenvalue weighted by molar-refractivity contribution is 0.131. The summed E-state index contributed by atoms with van der Waals surface area (Å²) in [6.07, 6.45) is 1.31. The van der Waals surface area contributed by atoms with Crippen molar-refractivity contribution in [2.24, 2.45) is 11.8 Å². The molecule has 2 heterocycles. The van der Waals surface area contributed by atoms with Gasteiger partial charge in [-0.25, -0.2) is 4.79 Å². The number of carbonyl (C=O) groups excluding carboxylic acids is 1. The molecule has 6 heteroatoms. The fourth-order valence-electron chi connectivity index (χ4n) is 3.86. The number of likely N-dealkylation sites (N-methyl/N-ethyl adjacent to an activating group) is 1. The van der Waals surface area contributed by atoms with Gasteiger partial charge in [-0.1, -0.05) is 19.9 Å². The second kappa shape index (κ2) is 9.55. The number of amides is 2. The van der Waals surface area contributed by atoms with Crippen molar-refractivity contribution in [3.05, 3.63) is 22.4 Å². The lowest BCUT2D eigenvalue weighted by atomic mass is 9.92. The number of carbonyl (C=O) groups is 1. The van der Waals surface area contributed by atoms with Crippen LogP contribution in [0.5, 0.6) is 0 Å². The van der Waals surface area contributed by atoms with E-state index in [9.17, 15) is 4.79 Å². The molecule has 0 spiro atoms. The highest BCUT2D eigenvalue weighted by molar-refractivity contribution is 7.10. The Balaban J connectivity index is 1.75. The number of thiophene rings is 1. The van der Waals surface area contributed by atoms with Crippen LogP contribution in [0.4, 0.5) is 4.79 Å². The van der Waals surface area contributed by atoms with Crippen LogP contribution in [0.25, 0.3) is 0 Å². The van der Waals surface area contributed by atoms with E-state index in [0.717, 1.165) is 31.5 Å². The van der Waals surface area contributed by atoms with E-state index in [-0.39, 0.29) is 18.1 Å². The first-order valence-corrected chi connectivity index (χ1v) is 10.2. The average molecular weight is 367 g/mol. The zero-order chi connectivity index (χ0) is 18.4. The Morgan fingerprint density at radius 3 is 2.60 bits per heavy atom. The third-order valence-corrected chi connectivity index (χ3v) is 5.78. The minimum atomic E-state index is -0.0750. The minimum Gasteiger partial charge on any atom is -0.336 e. The van der Waals surface area contributed by atoms with Crippen molar-refractivity contribution in [1.29, 1.82) is 0 Å². The quantitative estimate of drug-likeness (QED) is 0.780. The normalized spacial score (nSPS) is 24.1. The number of rotatable bonds is 7. The van der Waals surface area contributed by atoms with Gasteiger partial charge in [0.15, 0.2) is 0 Å². The molecule has 1 saturated heterocycles. The summed E-state index contributed by atoms with van der Waals surface area (Å²) < 4.78 is 0. The minimum absolute atomic E-state index is 0.0750. The number of nitrogens with one attached hydrogen (secondary N) is 2. The van der Waals surface area contributed by atoms with E-state index in [1.807, 2.05) is 14.1 Å². The highest BCUT2D eigenvalue weighted by Gasteiger charge is 2.23. The first-order valence-electron chi connectivity index (χ1n) is 9.31. The molecule has 4 unspecified atom stereocenters. The molecule has 1 fully saturated rings. The zero-order valence-corrected chi connectivity index (χ0v) is 17.1. The molecule has 0 aromatic carbocycles. The van der Waals surface area contributed by atoms with Crippen LogP contribution in [-0.2, 0) is 0 Å². The van der Waals surface area contributed by atoms with Crippen LogP contribution < -0.4 is 10.6 Å². The lowest BCUT2D eigenvalue weighted by Gasteiger charge is -2.36. The van der Waals surface area contributed by atoms with Gasteiger partial charge in [-0.2, -0.15) is 0 Å². The Hall–Kier alpha value is -1.11. The molecule has 0 saturated carbocycles. The van der Waals surface area contributed by atoms with Crippen molar-refractivity contribution in [1.82, 2.24) is 20.4 Å². The molecule has 1 aromatic heterocycles. The number of likely N-dealkylation sites (tertiary alicyclic amines) is 1. The number of hydrogen-bond donors (Lipinski definition) is 2. The van der Waals surface area contributed by atoms with Gasteiger partial charge in [0.2, 0.25) is 0 Å². The number of nitrogens with zero attached hydrogens (tertiary/aromatic N) is 2. The van der Waals surface area contributed by atoms with E-state index in [4.69, 9.17) is 0 Å². The lowest BCUT2D eigenvalue weighted by Crippen LogP contribution is -2.50. The summed E-state index contributed by atoms with van der Waals surface area (Å²) in [5.74, 6) is 1.49. The molecule has 5 nitrogen and oxygen atoms in total. The Morgan fingerprint density at radius 2 is 2.04 bits per heavy atom. The molecule has 2 rings (SSSR count). The van der Waals surface area contributed by atoms with Crippen molar-refractivity contribution in [3.63, 3.8) is 0 Å². The van der Waals surface area contributed by atoms with Crippen LogP contribution in [0.2, 0.25) is 0 Å². The molecular weight excluding hydrogens is 332 g/mol. The van der Waals surface area contributed by atoms with Gasteiger partial charge in [0.25, 0.3) is 0 Å². The summed E-state index contributed by atoms with van der Waals surface area (Å²) >= 11 is 1.73. The molecule has 1 aliphatic rings. The van der Waals surface area contributed by atoms with Gasteiger partial charge in [-0.05, 0) is 50.7 Å². The van der Waals surface area contributed by atoms with Gasteiger partial charge in [-0.15, -0.1) is 11.3 Å². The maximum Gasteiger partial charge on any atom is 0.315 e.